The van der Waals surface area contributed by atoms with Crippen LogP contribution in [0.3, 0.4) is 0 Å². The van der Waals surface area contributed by atoms with Crippen molar-refractivity contribution in [1.29, 1.82) is 0 Å². The number of aliphatic hydroxyl groups excluding tert-OH is 2. The van der Waals surface area contributed by atoms with Crippen molar-refractivity contribution in [3.63, 3.8) is 0 Å². The van der Waals surface area contributed by atoms with Gasteiger partial charge in [-0.3, -0.25) is 0 Å². The number of hydrogen-bond donors (Lipinski definition) is 4. The average molecular weight is 523 g/mol. The number of aromatic nitrogens is 4. The van der Waals surface area contributed by atoms with Crippen LogP contribution in [0.5, 0.6) is 0 Å². The fraction of sp³-hybridized carbons (Fsp3) is 0.444. The van der Waals surface area contributed by atoms with Gasteiger partial charge in [-0.1, -0.05) is 11.6 Å². The first-order chi connectivity index (χ1) is 17.8. The molecule has 3 aliphatic rings. The van der Waals surface area contributed by atoms with E-state index in [4.69, 9.17) is 23.1 Å². The van der Waals surface area contributed by atoms with Crippen LogP contribution in [-0.4, -0.2) is 41.9 Å². The first kappa shape index (κ1) is 23.1. The van der Waals surface area contributed by atoms with Crippen molar-refractivity contribution >= 4 is 45.2 Å². The lowest BCUT2D eigenvalue weighted by atomic mass is 9.52. The number of pyridine rings is 1. The van der Waals surface area contributed by atoms with Crippen LogP contribution in [0, 0.1) is 29.0 Å². The maximum Gasteiger partial charge on any atom is 0.145 e. The quantitative estimate of drug-likeness (QED) is 0.312. The molecular weight excluding hydrogens is 495 g/mol. The highest BCUT2D eigenvalue weighted by atomic mass is 35.5. The average Bonchev–Trinajstić information content (AvgIpc) is 3.58. The summed E-state index contributed by atoms with van der Waals surface area (Å²) < 4.78 is 17.1. The van der Waals surface area contributed by atoms with Gasteiger partial charge < -0.3 is 26.2 Å². The molecule has 1 aromatic carbocycles. The van der Waals surface area contributed by atoms with Crippen molar-refractivity contribution in [2.75, 3.05) is 11.5 Å². The van der Waals surface area contributed by atoms with E-state index in [2.05, 4.69) is 15.0 Å². The van der Waals surface area contributed by atoms with Gasteiger partial charge in [0.15, 0.2) is 0 Å². The second-order valence-corrected chi connectivity index (χ2v) is 11.5. The third-order valence-corrected chi connectivity index (χ3v) is 9.64. The highest BCUT2D eigenvalue weighted by Crippen LogP contribution is 2.69. The summed E-state index contributed by atoms with van der Waals surface area (Å²) in [6.07, 6.45) is 5.92. The topological polar surface area (TPSA) is 136 Å². The van der Waals surface area contributed by atoms with E-state index in [0.29, 0.717) is 34.7 Å². The van der Waals surface area contributed by atoms with E-state index in [1.165, 1.54) is 12.4 Å². The Morgan fingerprint density at radius 2 is 1.92 bits per heavy atom. The summed E-state index contributed by atoms with van der Waals surface area (Å²) in [6, 6.07) is 6.47. The normalized spacial score (nSPS) is 29.9. The van der Waals surface area contributed by atoms with Crippen LogP contribution in [0.4, 0.5) is 16.0 Å². The van der Waals surface area contributed by atoms with E-state index in [1.807, 2.05) is 22.9 Å². The molecule has 3 aromatic heterocycles. The number of nitrogens with zero attached hydrogens (tertiary/aromatic N) is 4. The zero-order valence-electron chi connectivity index (χ0n) is 20.1. The van der Waals surface area contributed by atoms with E-state index in [0.717, 1.165) is 36.6 Å². The fourth-order valence-corrected chi connectivity index (χ4v) is 7.61. The predicted octanol–water partition coefficient (Wildman–Crippen LogP) is 3.88. The number of rotatable bonds is 5. The minimum atomic E-state index is -0.947. The molecule has 0 aliphatic heterocycles. The molecule has 6 atom stereocenters. The molecule has 37 heavy (non-hydrogen) atoms. The minimum absolute atomic E-state index is 0.0627. The van der Waals surface area contributed by atoms with Gasteiger partial charge in [-0.15, -0.1) is 0 Å². The predicted molar refractivity (Wildman–Crippen MR) is 139 cm³/mol. The molecule has 7 rings (SSSR count). The molecule has 8 nitrogen and oxygen atoms in total. The van der Waals surface area contributed by atoms with Crippen molar-refractivity contribution in [1.82, 2.24) is 19.5 Å². The molecule has 0 spiro atoms. The molecule has 0 bridgehead atoms. The second kappa shape index (κ2) is 7.99. The lowest BCUT2D eigenvalue weighted by Gasteiger charge is -2.53. The number of hydrogen-bond acceptors (Lipinski definition) is 7. The molecule has 3 fully saturated rings. The Labute approximate surface area is 217 Å². The zero-order chi connectivity index (χ0) is 25.6. The van der Waals surface area contributed by atoms with Crippen LogP contribution in [0.15, 0.2) is 36.8 Å². The Balaban J connectivity index is 1.28. The van der Waals surface area contributed by atoms with Crippen LogP contribution in [0.2, 0.25) is 5.02 Å². The van der Waals surface area contributed by atoms with Gasteiger partial charge in [-0.05, 0) is 79.7 Å². The molecule has 192 valence electrons. The number of nitrogen functional groups attached to an aromatic ring is 2. The lowest BCUT2D eigenvalue weighted by molar-refractivity contribution is -0.115. The van der Waals surface area contributed by atoms with Gasteiger partial charge in [0.25, 0.3) is 0 Å². The third kappa shape index (κ3) is 3.23. The summed E-state index contributed by atoms with van der Waals surface area (Å²) in [5.74, 6) is 0.755. The molecule has 1 unspecified atom stereocenters. The molecule has 6 N–H and O–H groups in total. The summed E-state index contributed by atoms with van der Waals surface area (Å²) in [4.78, 5) is 12.8. The van der Waals surface area contributed by atoms with Crippen LogP contribution < -0.4 is 11.5 Å². The Bertz CT molecular complexity index is 1560. The Hall–Kier alpha value is -3.01. The number of halogens is 2. The van der Waals surface area contributed by atoms with Crippen LogP contribution >= 0.6 is 11.6 Å². The van der Waals surface area contributed by atoms with Crippen molar-refractivity contribution in [3.8, 4) is 0 Å². The number of aliphatic hydroxyl groups is 2. The highest BCUT2D eigenvalue weighted by molar-refractivity contribution is 6.33. The largest absolute Gasteiger partial charge is 0.390 e. The summed E-state index contributed by atoms with van der Waals surface area (Å²) in [6.45, 7) is 0. The molecule has 3 saturated carbocycles. The van der Waals surface area contributed by atoms with E-state index in [-0.39, 0.29) is 34.5 Å². The van der Waals surface area contributed by atoms with Crippen LogP contribution in [0.1, 0.15) is 37.3 Å². The lowest BCUT2D eigenvalue weighted by Crippen LogP contribution is -2.52. The van der Waals surface area contributed by atoms with Gasteiger partial charge in [-0.2, -0.15) is 0 Å². The number of nitrogens with two attached hydrogens (primary N) is 2. The molecule has 3 heterocycles. The van der Waals surface area contributed by atoms with E-state index < -0.39 is 17.6 Å². The maximum absolute atomic E-state index is 15.1. The van der Waals surface area contributed by atoms with Crippen LogP contribution in [0.25, 0.3) is 21.9 Å². The maximum atomic E-state index is 15.1. The van der Waals surface area contributed by atoms with Gasteiger partial charge >= 0.3 is 0 Å². The Morgan fingerprint density at radius 1 is 1.11 bits per heavy atom. The highest BCUT2D eigenvalue weighted by Gasteiger charge is 2.69. The number of benzene rings is 1. The first-order valence-electron chi connectivity index (χ1n) is 12.8. The smallest absolute Gasteiger partial charge is 0.145 e. The molecule has 0 saturated heterocycles. The standard InChI is InChI=1S/C27H28ClFN6O2/c28-18-10-15-19(29)8-12(9-20(15)34-25(18)31)7-17(13-1-2-13)27-5-3-16(27)21(22(36)23(27)37)35-6-4-14-24(30)32-11-33-26(14)35/h4,6,8-11,13,16-17,21-23,36-37H,1-3,5,7H2,(H2,31,34)(H2,30,32,33)/t16-,17?,21-,22+,23+,27-/m1/s1. The van der Waals surface area contributed by atoms with Crippen LogP contribution in [-0.2, 0) is 6.42 Å². The molecular formula is C27H28ClFN6O2. The third-order valence-electron chi connectivity index (χ3n) is 9.34. The van der Waals surface area contributed by atoms with E-state index >= 15 is 4.39 Å². The molecule has 0 amide bonds. The van der Waals surface area contributed by atoms with E-state index in [9.17, 15) is 10.2 Å². The first-order valence-corrected chi connectivity index (χ1v) is 13.1. The molecule has 0 radical (unpaired) electrons. The monoisotopic (exact) mass is 522 g/mol. The van der Waals surface area contributed by atoms with Gasteiger partial charge in [0.2, 0.25) is 0 Å². The summed E-state index contributed by atoms with van der Waals surface area (Å²) in [7, 11) is 0. The fourth-order valence-electron chi connectivity index (χ4n) is 7.46. The SMILES string of the molecule is Nc1nc2cc(CC(C3CC3)[C@@]34CC[C@@H]3[C@@H](n3ccc5c(N)ncnc53)[C@H](O)[C@@H]4O)cc(F)c2cc1Cl. The zero-order valence-corrected chi connectivity index (χ0v) is 20.8. The van der Waals surface area contributed by atoms with Gasteiger partial charge in [-0.25, -0.2) is 19.3 Å². The summed E-state index contributed by atoms with van der Waals surface area (Å²) in [5, 5.41) is 24.3. The molecule has 10 heteroatoms. The number of anilines is 2. The van der Waals surface area contributed by atoms with Gasteiger partial charge in [0, 0.05) is 17.0 Å². The van der Waals surface area contributed by atoms with Crippen molar-refractivity contribution in [2.24, 2.45) is 23.2 Å². The van der Waals surface area contributed by atoms with Gasteiger partial charge in [0.1, 0.15) is 35.5 Å². The molecule has 3 aliphatic carbocycles. The second-order valence-electron chi connectivity index (χ2n) is 11.1. The Kier molecular flexibility index (Phi) is 5.00. The van der Waals surface area contributed by atoms with Crippen molar-refractivity contribution in [2.45, 2.75) is 50.4 Å². The van der Waals surface area contributed by atoms with Crippen molar-refractivity contribution in [3.05, 3.63) is 53.2 Å². The summed E-state index contributed by atoms with van der Waals surface area (Å²) in [5.41, 5.74) is 13.4. The summed E-state index contributed by atoms with van der Waals surface area (Å²) >= 11 is 6.07. The Morgan fingerprint density at radius 3 is 2.65 bits per heavy atom. The number of fused-ring (bicyclic) bond motifs is 3. The van der Waals surface area contributed by atoms with Gasteiger partial charge in [0.05, 0.1) is 28.1 Å². The minimum Gasteiger partial charge on any atom is -0.390 e. The molecule has 4 aromatic rings. The van der Waals surface area contributed by atoms with Crippen molar-refractivity contribution < 1.29 is 14.6 Å². The van der Waals surface area contributed by atoms with E-state index in [1.54, 1.807) is 6.07 Å².